The zero-order valence-electron chi connectivity index (χ0n) is 8.94. The summed E-state index contributed by atoms with van der Waals surface area (Å²) in [6.07, 6.45) is 0. The van der Waals surface area contributed by atoms with Crippen molar-refractivity contribution < 1.29 is 9.21 Å². The molecule has 0 atom stereocenters. The fourth-order valence-corrected chi connectivity index (χ4v) is 1.74. The van der Waals surface area contributed by atoms with Crippen molar-refractivity contribution in [3.63, 3.8) is 0 Å². The van der Waals surface area contributed by atoms with Gasteiger partial charge in [0.15, 0.2) is 5.76 Å². The summed E-state index contributed by atoms with van der Waals surface area (Å²) in [6, 6.07) is 10.7. The van der Waals surface area contributed by atoms with Crippen LogP contribution in [0.25, 0.3) is 0 Å². The smallest absolute Gasteiger partial charge is 0.291 e. The van der Waals surface area contributed by atoms with Crippen molar-refractivity contribution in [2.24, 2.45) is 5.73 Å². The molecule has 88 valence electrons. The first kappa shape index (κ1) is 11.9. The Kier molecular flexibility index (Phi) is 3.61. The summed E-state index contributed by atoms with van der Waals surface area (Å²) in [6.45, 7) is 0.280. The number of hydrogen-bond acceptors (Lipinski definition) is 3. The van der Waals surface area contributed by atoms with Crippen LogP contribution in [0.5, 0.6) is 0 Å². The molecule has 0 radical (unpaired) electrons. The Balaban J connectivity index is 2.14. The fourth-order valence-electron chi connectivity index (χ4n) is 1.36. The van der Waals surface area contributed by atoms with Crippen LogP contribution < -0.4 is 11.1 Å². The molecule has 1 aromatic carbocycles. The molecule has 0 saturated heterocycles. The first-order chi connectivity index (χ1) is 8.20. The SMILES string of the molecule is NCc1ccc(C(=O)Nc2ccccc2Br)o1. The fraction of sp³-hybridized carbons (Fsp3) is 0.0833. The van der Waals surface area contributed by atoms with Crippen LogP contribution in [-0.4, -0.2) is 5.91 Å². The van der Waals surface area contributed by atoms with Gasteiger partial charge in [-0.3, -0.25) is 4.79 Å². The molecule has 1 heterocycles. The van der Waals surface area contributed by atoms with Gasteiger partial charge in [0.25, 0.3) is 5.91 Å². The molecule has 4 nitrogen and oxygen atoms in total. The molecule has 17 heavy (non-hydrogen) atoms. The number of carbonyl (C=O) groups is 1. The molecule has 1 amide bonds. The van der Waals surface area contributed by atoms with E-state index in [-0.39, 0.29) is 18.2 Å². The van der Waals surface area contributed by atoms with E-state index in [4.69, 9.17) is 10.2 Å². The van der Waals surface area contributed by atoms with Crippen LogP contribution in [0.2, 0.25) is 0 Å². The third-order valence-electron chi connectivity index (χ3n) is 2.21. The third kappa shape index (κ3) is 2.75. The van der Waals surface area contributed by atoms with Crippen LogP contribution >= 0.6 is 15.9 Å². The lowest BCUT2D eigenvalue weighted by Gasteiger charge is -2.04. The topological polar surface area (TPSA) is 68.3 Å². The van der Waals surface area contributed by atoms with Crippen LogP contribution in [0.3, 0.4) is 0 Å². The van der Waals surface area contributed by atoms with Crippen molar-refractivity contribution in [2.45, 2.75) is 6.54 Å². The first-order valence-electron chi connectivity index (χ1n) is 5.05. The number of anilines is 1. The molecule has 0 unspecified atom stereocenters. The Morgan fingerprint density at radius 1 is 1.29 bits per heavy atom. The van der Waals surface area contributed by atoms with E-state index in [9.17, 15) is 4.79 Å². The molecular weight excluding hydrogens is 284 g/mol. The first-order valence-corrected chi connectivity index (χ1v) is 5.84. The van der Waals surface area contributed by atoms with Gasteiger partial charge in [-0.15, -0.1) is 0 Å². The van der Waals surface area contributed by atoms with E-state index in [0.717, 1.165) is 4.47 Å². The molecular formula is C12H11BrN2O2. The molecule has 5 heteroatoms. The predicted octanol–water partition coefficient (Wildman–Crippen LogP) is 2.75. The summed E-state index contributed by atoms with van der Waals surface area (Å²) in [7, 11) is 0. The summed E-state index contributed by atoms with van der Waals surface area (Å²) in [5, 5.41) is 2.74. The Labute approximate surface area is 107 Å². The van der Waals surface area contributed by atoms with E-state index >= 15 is 0 Å². The van der Waals surface area contributed by atoms with Crippen molar-refractivity contribution in [2.75, 3.05) is 5.32 Å². The largest absolute Gasteiger partial charge is 0.455 e. The van der Waals surface area contributed by atoms with Gasteiger partial charge in [0.2, 0.25) is 0 Å². The number of carbonyl (C=O) groups excluding carboxylic acids is 1. The van der Waals surface area contributed by atoms with Crippen LogP contribution in [0.4, 0.5) is 5.69 Å². The van der Waals surface area contributed by atoms with Gasteiger partial charge in [-0.2, -0.15) is 0 Å². The number of furan rings is 1. The Bertz CT molecular complexity index is 537. The van der Waals surface area contributed by atoms with Crippen molar-refractivity contribution in [3.8, 4) is 0 Å². The van der Waals surface area contributed by atoms with E-state index < -0.39 is 0 Å². The molecule has 0 bridgehead atoms. The standard InChI is InChI=1S/C12H11BrN2O2/c13-9-3-1-2-4-10(9)15-12(16)11-6-5-8(7-14)17-11/h1-6H,7,14H2,(H,15,16). The lowest BCUT2D eigenvalue weighted by molar-refractivity contribution is 0.0995. The summed E-state index contributed by atoms with van der Waals surface area (Å²) in [4.78, 5) is 11.8. The van der Waals surface area contributed by atoms with E-state index in [1.807, 2.05) is 18.2 Å². The van der Waals surface area contributed by atoms with Crippen LogP contribution in [-0.2, 0) is 6.54 Å². The summed E-state index contributed by atoms with van der Waals surface area (Å²) in [5.41, 5.74) is 6.10. The Morgan fingerprint density at radius 3 is 2.71 bits per heavy atom. The molecule has 2 aromatic rings. The van der Waals surface area contributed by atoms with Gasteiger partial charge in [-0.05, 0) is 40.2 Å². The number of nitrogens with two attached hydrogens (primary N) is 1. The molecule has 0 aliphatic heterocycles. The average molecular weight is 295 g/mol. The van der Waals surface area contributed by atoms with Crippen LogP contribution in [0.1, 0.15) is 16.3 Å². The third-order valence-corrected chi connectivity index (χ3v) is 2.90. The number of amides is 1. The zero-order chi connectivity index (χ0) is 12.3. The summed E-state index contributed by atoms with van der Waals surface area (Å²) < 4.78 is 6.07. The molecule has 1 aromatic heterocycles. The van der Waals surface area contributed by atoms with Gasteiger partial charge in [-0.25, -0.2) is 0 Å². The van der Waals surface area contributed by atoms with E-state index in [1.165, 1.54) is 0 Å². The van der Waals surface area contributed by atoms with Gasteiger partial charge in [0, 0.05) is 4.47 Å². The molecule has 3 N–H and O–H groups in total. The van der Waals surface area contributed by atoms with E-state index in [2.05, 4.69) is 21.2 Å². The maximum Gasteiger partial charge on any atom is 0.291 e. The quantitative estimate of drug-likeness (QED) is 0.914. The van der Waals surface area contributed by atoms with Crippen LogP contribution in [0, 0.1) is 0 Å². The molecule has 0 aliphatic rings. The Hall–Kier alpha value is -1.59. The van der Waals surface area contributed by atoms with Crippen molar-refractivity contribution >= 4 is 27.5 Å². The van der Waals surface area contributed by atoms with Gasteiger partial charge in [0.1, 0.15) is 5.76 Å². The van der Waals surface area contributed by atoms with Crippen molar-refractivity contribution in [1.29, 1.82) is 0 Å². The maximum atomic E-state index is 11.8. The highest BCUT2D eigenvalue weighted by molar-refractivity contribution is 9.10. The zero-order valence-corrected chi connectivity index (χ0v) is 10.5. The molecule has 0 saturated carbocycles. The van der Waals surface area contributed by atoms with Gasteiger partial charge < -0.3 is 15.5 Å². The van der Waals surface area contributed by atoms with E-state index in [1.54, 1.807) is 18.2 Å². The number of nitrogens with one attached hydrogen (secondary N) is 1. The number of benzene rings is 1. The molecule has 2 rings (SSSR count). The lowest BCUT2D eigenvalue weighted by atomic mass is 10.3. The van der Waals surface area contributed by atoms with Crippen molar-refractivity contribution in [1.82, 2.24) is 0 Å². The van der Waals surface area contributed by atoms with E-state index in [0.29, 0.717) is 11.4 Å². The molecule has 0 spiro atoms. The minimum Gasteiger partial charge on any atom is -0.455 e. The summed E-state index contributed by atoms with van der Waals surface area (Å²) in [5.74, 6) is 0.542. The Morgan fingerprint density at radius 2 is 2.06 bits per heavy atom. The second kappa shape index (κ2) is 5.16. The predicted molar refractivity (Wildman–Crippen MR) is 68.7 cm³/mol. The number of hydrogen-bond donors (Lipinski definition) is 2. The maximum absolute atomic E-state index is 11.8. The highest BCUT2D eigenvalue weighted by atomic mass is 79.9. The minimum atomic E-state index is -0.295. The summed E-state index contributed by atoms with van der Waals surface area (Å²) >= 11 is 3.35. The minimum absolute atomic E-state index is 0.251. The monoisotopic (exact) mass is 294 g/mol. The molecule has 0 aliphatic carbocycles. The van der Waals surface area contributed by atoms with Crippen molar-refractivity contribution in [3.05, 3.63) is 52.4 Å². The normalized spacial score (nSPS) is 10.2. The second-order valence-corrected chi connectivity index (χ2v) is 4.26. The van der Waals surface area contributed by atoms with Gasteiger partial charge in [0.05, 0.1) is 12.2 Å². The second-order valence-electron chi connectivity index (χ2n) is 3.40. The van der Waals surface area contributed by atoms with Gasteiger partial charge >= 0.3 is 0 Å². The van der Waals surface area contributed by atoms with Gasteiger partial charge in [-0.1, -0.05) is 12.1 Å². The number of halogens is 1. The van der Waals surface area contributed by atoms with Crippen LogP contribution in [0.15, 0.2) is 45.3 Å². The lowest BCUT2D eigenvalue weighted by Crippen LogP contribution is -2.11. The number of para-hydroxylation sites is 1. The number of rotatable bonds is 3. The molecule has 0 fully saturated rings. The highest BCUT2D eigenvalue weighted by Gasteiger charge is 2.11. The highest BCUT2D eigenvalue weighted by Crippen LogP contribution is 2.22. The average Bonchev–Trinajstić information content (AvgIpc) is 2.81.